The molecule has 7 nitrogen and oxygen atoms in total. The number of thioether (sulfide) groups is 1. The highest BCUT2D eigenvalue weighted by atomic mass is 32.2. The number of nitrogens with zero attached hydrogens (tertiary/aromatic N) is 2. The number of halogens is 1. The lowest BCUT2D eigenvalue weighted by Crippen LogP contribution is -2.57. The molecule has 1 saturated heterocycles. The first kappa shape index (κ1) is 23.0. The molecule has 2 aliphatic rings. The molecule has 2 heterocycles. The van der Waals surface area contributed by atoms with Crippen molar-refractivity contribution in [2.75, 3.05) is 7.05 Å². The molecule has 0 spiro atoms. The summed E-state index contributed by atoms with van der Waals surface area (Å²) in [5.41, 5.74) is -0.420. The SMILES string of the molecule is C[C@H](O)[C@H]1O[C@@H]2SC(N(C)C(=O)OC(C)(C)C)=N[C@@H]2[C@H](F)[C@@H]1OCc1ccccc1. The molecule has 1 amide bonds. The van der Waals surface area contributed by atoms with Gasteiger partial charge in [0.15, 0.2) is 11.3 Å². The van der Waals surface area contributed by atoms with Gasteiger partial charge in [-0.1, -0.05) is 42.1 Å². The Balaban J connectivity index is 1.73. The zero-order chi connectivity index (χ0) is 22.1. The summed E-state index contributed by atoms with van der Waals surface area (Å²) < 4.78 is 32.6. The predicted octanol–water partition coefficient (Wildman–Crippen LogP) is 3.35. The van der Waals surface area contributed by atoms with Crippen LogP contribution < -0.4 is 0 Å². The predicted molar refractivity (Wildman–Crippen MR) is 113 cm³/mol. The van der Waals surface area contributed by atoms with Crippen LogP contribution in [0.2, 0.25) is 0 Å². The van der Waals surface area contributed by atoms with Gasteiger partial charge in [0.1, 0.15) is 29.3 Å². The lowest BCUT2D eigenvalue weighted by molar-refractivity contribution is -0.188. The first-order valence-electron chi connectivity index (χ1n) is 9.91. The van der Waals surface area contributed by atoms with Gasteiger partial charge in [0.2, 0.25) is 0 Å². The van der Waals surface area contributed by atoms with E-state index in [1.807, 2.05) is 30.3 Å². The topological polar surface area (TPSA) is 80.6 Å². The summed E-state index contributed by atoms with van der Waals surface area (Å²) >= 11 is 1.14. The minimum Gasteiger partial charge on any atom is -0.443 e. The fourth-order valence-corrected chi connectivity index (χ4v) is 4.40. The van der Waals surface area contributed by atoms with Crippen LogP contribution in [0.5, 0.6) is 0 Å². The smallest absolute Gasteiger partial charge is 0.416 e. The van der Waals surface area contributed by atoms with Crippen LogP contribution in [0.15, 0.2) is 35.3 Å². The lowest BCUT2D eigenvalue weighted by atomic mass is 9.96. The van der Waals surface area contributed by atoms with Gasteiger partial charge >= 0.3 is 6.09 Å². The highest BCUT2D eigenvalue weighted by Gasteiger charge is 2.52. The van der Waals surface area contributed by atoms with Crippen molar-refractivity contribution in [2.24, 2.45) is 4.99 Å². The van der Waals surface area contributed by atoms with E-state index >= 15 is 4.39 Å². The summed E-state index contributed by atoms with van der Waals surface area (Å²) in [5.74, 6) is 0. The van der Waals surface area contributed by atoms with Crippen LogP contribution >= 0.6 is 11.8 Å². The molecule has 1 fully saturated rings. The average molecular weight is 441 g/mol. The monoisotopic (exact) mass is 440 g/mol. The number of hydrogen-bond donors (Lipinski definition) is 1. The van der Waals surface area contributed by atoms with Crippen LogP contribution in [-0.2, 0) is 20.8 Å². The maximum Gasteiger partial charge on any atom is 0.416 e. The van der Waals surface area contributed by atoms with Crippen molar-refractivity contribution in [1.29, 1.82) is 0 Å². The van der Waals surface area contributed by atoms with Crippen LogP contribution in [0.1, 0.15) is 33.3 Å². The third-order valence-corrected chi connectivity index (χ3v) is 5.94. The van der Waals surface area contributed by atoms with E-state index in [2.05, 4.69) is 4.99 Å². The van der Waals surface area contributed by atoms with Crippen LogP contribution in [-0.4, -0.2) is 69.9 Å². The van der Waals surface area contributed by atoms with E-state index in [0.717, 1.165) is 17.3 Å². The zero-order valence-electron chi connectivity index (χ0n) is 17.8. The summed E-state index contributed by atoms with van der Waals surface area (Å²) in [7, 11) is 1.53. The molecule has 2 aliphatic heterocycles. The van der Waals surface area contributed by atoms with Crippen LogP contribution in [0.25, 0.3) is 0 Å². The Hall–Kier alpha value is -1.68. The number of amidine groups is 1. The van der Waals surface area contributed by atoms with Crippen molar-refractivity contribution in [3.8, 4) is 0 Å². The minimum atomic E-state index is -1.50. The molecule has 0 aliphatic carbocycles. The number of fused-ring (bicyclic) bond motifs is 1. The minimum absolute atomic E-state index is 0.192. The van der Waals surface area contributed by atoms with Gasteiger partial charge in [-0.05, 0) is 33.3 Å². The van der Waals surface area contributed by atoms with Gasteiger partial charge < -0.3 is 19.3 Å². The van der Waals surface area contributed by atoms with E-state index in [0.29, 0.717) is 5.17 Å². The molecule has 1 aromatic carbocycles. The highest BCUT2D eigenvalue weighted by molar-refractivity contribution is 8.14. The molecule has 30 heavy (non-hydrogen) atoms. The van der Waals surface area contributed by atoms with Gasteiger partial charge in [-0.15, -0.1) is 0 Å². The molecule has 9 heteroatoms. The summed E-state index contributed by atoms with van der Waals surface area (Å²) in [5, 5.41) is 10.5. The molecule has 0 saturated carbocycles. The van der Waals surface area contributed by atoms with Gasteiger partial charge in [0.05, 0.1) is 12.7 Å². The van der Waals surface area contributed by atoms with Crippen molar-refractivity contribution in [2.45, 2.75) is 75.9 Å². The molecule has 3 rings (SSSR count). The maximum absolute atomic E-state index is 15.5. The number of hydrogen-bond acceptors (Lipinski definition) is 7. The molecule has 0 aromatic heterocycles. The highest BCUT2D eigenvalue weighted by Crippen LogP contribution is 2.40. The van der Waals surface area contributed by atoms with Crippen molar-refractivity contribution >= 4 is 23.0 Å². The molecular weight excluding hydrogens is 411 g/mol. The van der Waals surface area contributed by atoms with Crippen molar-refractivity contribution in [3.05, 3.63) is 35.9 Å². The Labute approximate surface area is 180 Å². The largest absolute Gasteiger partial charge is 0.443 e. The number of carbonyl (C=O) groups is 1. The van der Waals surface area contributed by atoms with Gasteiger partial charge in [-0.2, -0.15) is 0 Å². The average Bonchev–Trinajstić information content (AvgIpc) is 3.10. The molecule has 0 radical (unpaired) electrons. The molecule has 0 unspecified atom stereocenters. The maximum atomic E-state index is 15.5. The molecular formula is C21H29FN2O5S. The fourth-order valence-electron chi connectivity index (χ4n) is 3.25. The fraction of sp³-hybridized carbons (Fsp3) is 0.619. The number of amides is 1. The normalized spacial score (nSPS) is 29.7. The molecule has 1 aromatic rings. The van der Waals surface area contributed by atoms with Gasteiger partial charge in [-0.25, -0.2) is 9.18 Å². The van der Waals surface area contributed by atoms with Crippen molar-refractivity contribution in [1.82, 2.24) is 4.90 Å². The number of alkyl halides is 1. The summed E-state index contributed by atoms with van der Waals surface area (Å²) in [6.45, 7) is 7.04. The van der Waals surface area contributed by atoms with Crippen molar-refractivity contribution < 1.29 is 28.5 Å². The number of ether oxygens (including phenoxy) is 3. The van der Waals surface area contributed by atoms with E-state index in [-0.39, 0.29) is 6.61 Å². The van der Waals surface area contributed by atoms with Crippen LogP contribution in [0, 0.1) is 0 Å². The number of aliphatic hydroxyl groups is 1. The van der Waals surface area contributed by atoms with E-state index in [1.165, 1.54) is 11.9 Å². The van der Waals surface area contributed by atoms with E-state index in [4.69, 9.17) is 14.2 Å². The van der Waals surface area contributed by atoms with Gasteiger partial charge in [0, 0.05) is 7.05 Å². The third-order valence-electron chi connectivity index (χ3n) is 4.73. The van der Waals surface area contributed by atoms with Crippen LogP contribution in [0.3, 0.4) is 0 Å². The second-order valence-corrected chi connectivity index (χ2v) is 9.54. The Morgan fingerprint density at radius 2 is 2.03 bits per heavy atom. The molecule has 0 bridgehead atoms. The Morgan fingerprint density at radius 1 is 1.37 bits per heavy atom. The summed E-state index contributed by atoms with van der Waals surface area (Å²) in [6.07, 6.45) is -4.84. The Bertz CT molecular complexity index is 770. The summed E-state index contributed by atoms with van der Waals surface area (Å²) in [6, 6.07) is 8.57. The molecule has 6 atom stereocenters. The molecule has 166 valence electrons. The molecule has 1 N–H and O–H groups in total. The number of rotatable bonds is 4. The second kappa shape index (κ2) is 9.21. The first-order valence-corrected chi connectivity index (χ1v) is 10.8. The quantitative estimate of drug-likeness (QED) is 0.773. The standard InChI is InChI=1S/C21H29FN2O5S/c1-12(25)16-17(27-11-13-9-7-6-8-10-13)14(22)15-18(28-16)30-19(23-15)24(5)20(26)29-21(2,3)4/h6-10,12,14-18,25H,11H2,1-5H3/t12-,14-,15+,16+,17-,18+/m0/s1. The van der Waals surface area contributed by atoms with Gasteiger partial charge in [-0.3, -0.25) is 9.89 Å². The van der Waals surface area contributed by atoms with Gasteiger partial charge in [0.25, 0.3) is 0 Å². The van der Waals surface area contributed by atoms with Crippen molar-refractivity contribution in [3.63, 3.8) is 0 Å². The van der Waals surface area contributed by atoms with E-state index in [1.54, 1.807) is 27.7 Å². The Kier molecular flexibility index (Phi) is 7.06. The van der Waals surface area contributed by atoms with E-state index < -0.39 is 47.7 Å². The summed E-state index contributed by atoms with van der Waals surface area (Å²) in [4.78, 5) is 18.0. The van der Waals surface area contributed by atoms with E-state index in [9.17, 15) is 9.90 Å². The number of aliphatic hydroxyl groups excluding tert-OH is 1. The van der Waals surface area contributed by atoms with Crippen LogP contribution in [0.4, 0.5) is 9.18 Å². The second-order valence-electron chi connectivity index (χ2n) is 8.47. The number of benzene rings is 1. The zero-order valence-corrected chi connectivity index (χ0v) is 18.6. The lowest BCUT2D eigenvalue weighted by Gasteiger charge is -2.40. The third kappa shape index (κ3) is 5.32. The number of carbonyl (C=O) groups excluding carboxylic acids is 1. The number of aliphatic imine (C=N–C) groups is 1. The first-order chi connectivity index (χ1) is 14.1. The Morgan fingerprint density at radius 3 is 2.63 bits per heavy atom.